The zero-order valence-electron chi connectivity index (χ0n) is 36.7. The summed E-state index contributed by atoms with van der Waals surface area (Å²) in [4.78, 5) is 15.4. The van der Waals surface area contributed by atoms with Crippen LogP contribution in [0.15, 0.2) is 122 Å². The number of carboxylic acid groups (broad SMARTS) is 1. The summed E-state index contributed by atoms with van der Waals surface area (Å²) < 4.78 is 40.8. The number of rotatable bonds is 17. The van der Waals surface area contributed by atoms with Crippen molar-refractivity contribution in [2.45, 2.75) is 87.9 Å². The van der Waals surface area contributed by atoms with Crippen molar-refractivity contribution < 1.29 is 32.6 Å². The van der Waals surface area contributed by atoms with Gasteiger partial charge in [-0.3, -0.25) is 0 Å². The van der Waals surface area contributed by atoms with Crippen molar-refractivity contribution in [2.75, 3.05) is 37.7 Å². The predicted octanol–water partition coefficient (Wildman–Crippen LogP) is 7.71. The van der Waals surface area contributed by atoms with Gasteiger partial charge in [0.1, 0.15) is 5.75 Å². The molecule has 0 radical (unpaired) electrons. The Bertz CT molecular complexity index is 2360. The maximum Gasteiger partial charge on any atom is 0.341 e. The molecule has 63 heavy (non-hydrogen) atoms. The van der Waals surface area contributed by atoms with Crippen LogP contribution in [-0.2, 0) is 36.9 Å². The number of ether oxygens (including phenoxy) is 1. The number of nitrogens with zero attached hydrogens (tertiary/aromatic N) is 2. The molecule has 4 aromatic carbocycles. The van der Waals surface area contributed by atoms with Gasteiger partial charge in [0.2, 0.25) is 5.60 Å². The highest BCUT2D eigenvalue weighted by molar-refractivity contribution is 7.86. The first-order valence-electron chi connectivity index (χ1n) is 22.0. The number of nitrogens with two attached hydrogens (primary N) is 1. The van der Waals surface area contributed by atoms with E-state index in [1.807, 2.05) is 24.3 Å². The zero-order chi connectivity index (χ0) is 45.2. The third-order valence-electron chi connectivity index (χ3n) is 13.8. The fourth-order valence-electron chi connectivity index (χ4n) is 10.4. The van der Waals surface area contributed by atoms with E-state index in [1.165, 1.54) is 27.6 Å². The van der Waals surface area contributed by atoms with Crippen LogP contribution in [0.1, 0.15) is 76.0 Å². The van der Waals surface area contributed by atoms with E-state index in [0.29, 0.717) is 49.0 Å². The molecule has 2 unspecified atom stereocenters. The van der Waals surface area contributed by atoms with Crippen molar-refractivity contribution in [3.8, 4) is 5.75 Å². The summed E-state index contributed by atoms with van der Waals surface area (Å²) in [5.74, 6) is -0.752. The van der Waals surface area contributed by atoms with Crippen molar-refractivity contribution in [2.24, 2.45) is 17.0 Å². The lowest BCUT2D eigenvalue weighted by atomic mass is 9.68. The molecule has 3 aliphatic rings. The number of halogens is 1. The van der Waals surface area contributed by atoms with E-state index >= 15 is 0 Å². The number of carboxylic acids is 1. The van der Waals surface area contributed by atoms with Gasteiger partial charge in [-0.15, -0.1) is 13.2 Å². The van der Waals surface area contributed by atoms with Gasteiger partial charge >= 0.3 is 5.97 Å². The molecule has 0 amide bonds. The highest BCUT2D eigenvalue weighted by atomic mass is 35.5. The molecule has 4 aromatic rings. The van der Waals surface area contributed by atoms with Crippen LogP contribution in [0.25, 0.3) is 0 Å². The third kappa shape index (κ3) is 9.32. The van der Waals surface area contributed by atoms with E-state index in [-0.39, 0.29) is 35.1 Å². The molecule has 0 saturated heterocycles. The Balaban J connectivity index is 1.29. The average molecular weight is 913 g/mol. The second kappa shape index (κ2) is 18.7. The molecule has 2 aliphatic carbocycles. The summed E-state index contributed by atoms with van der Waals surface area (Å²) >= 11 is 6.55. The highest BCUT2D eigenvalue weighted by Gasteiger charge is 2.53. The minimum atomic E-state index is -4.38. The van der Waals surface area contributed by atoms with Gasteiger partial charge in [-0.2, -0.15) is 12.7 Å². The lowest BCUT2D eigenvalue weighted by Crippen LogP contribution is -2.68. The number of fused-ring (bicyclic) bond motifs is 3. The molecule has 13 heteroatoms. The molecule has 5 atom stereocenters. The van der Waals surface area contributed by atoms with Gasteiger partial charge in [0, 0.05) is 30.1 Å². The number of aryl methyl sites for hydroxylation is 1. The summed E-state index contributed by atoms with van der Waals surface area (Å²) in [6, 6.07) is 32.2. The predicted molar refractivity (Wildman–Crippen MR) is 255 cm³/mol. The van der Waals surface area contributed by atoms with E-state index in [9.17, 15) is 23.4 Å². The summed E-state index contributed by atoms with van der Waals surface area (Å²) in [5.41, 5.74) is -0.0149. The maximum absolute atomic E-state index is 13.1. The first kappa shape index (κ1) is 46.7. The molecule has 1 saturated carbocycles. The van der Waals surface area contributed by atoms with Crippen molar-refractivity contribution >= 4 is 52.2 Å². The first-order chi connectivity index (χ1) is 30.0. The number of benzene rings is 4. The number of allylic oxidation sites excluding steroid dienone is 1. The molecule has 4 N–H and O–H groups in total. The van der Waals surface area contributed by atoms with Gasteiger partial charge in [-0.1, -0.05) is 117 Å². The summed E-state index contributed by atoms with van der Waals surface area (Å²) in [6.45, 7) is 15.6. The van der Waals surface area contributed by atoms with E-state index in [1.54, 1.807) is 18.2 Å². The molecular formula is C50H62ClN3O7SSi. The van der Waals surface area contributed by atoms with Gasteiger partial charge < -0.3 is 24.3 Å². The average Bonchev–Trinajstić information content (AvgIpc) is 3.39. The number of hydrogen-bond donors (Lipinski definition) is 3. The monoisotopic (exact) mass is 911 g/mol. The van der Waals surface area contributed by atoms with Crippen molar-refractivity contribution in [3.63, 3.8) is 0 Å². The number of hydrogen-bond acceptors (Lipinski definition) is 7. The Morgan fingerprint density at radius 3 is 2.30 bits per heavy atom. The number of aliphatic hydroxyl groups is 1. The third-order valence-corrected chi connectivity index (χ3v) is 20.1. The summed E-state index contributed by atoms with van der Waals surface area (Å²) in [5, 5.41) is 31.2. The summed E-state index contributed by atoms with van der Waals surface area (Å²) in [7, 11) is -7.32. The highest BCUT2D eigenvalue weighted by Crippen LogP contribution is 2.49. The molecule has 10 nitrogen and oxygen atoms in total. The van der Waals surface area contributed by atoms with E-state index < -0.39 is 42.1 Å². The van der Waals surface area contributed by atoms with E-state index in [4.69, 9.17) is 25.9 Å². The Labute approximate surface area is 379 Å². The van der Waals surface area contributed by atoms with Crippen molar-refractivity contribution in [1.82, 2.24) is 4.31 Å². The molecule has 1 spiro atoms. The van der Waals surface area contributed by atoms with Gasteiger partial charge in [0.15, 0.2) is 0 Å². The van der Waals surface area contributed by atoms with Crippen LogP contribution in [0.2, 0.25) is 10.1 Å². The number of carbonyl (C=O) groups is 1. The normalized spacial score (nSPS) is 21.5. The lowest BCUT2D eigenvalue weighted by Gasteiger charge is -2.50. The molecule has 0 bridgehead atoms. The van der Waals surface area contributed by atoms with E-state index in [0.717, 1.165) is 36.4 Å². The van der Waals surface area contributed by atoms with Crippen LogP contribution in [0.5, 0.6) is 5.75 Å². The molecule has 336 valence electrons. The van der Waals surface area contributed by atoms with Gasteiger partial charge in [-0.05, 0) is 113 Å². The van der Waals surface area contributed by atoms with E-state index in [2.05, 4.69) is 99.5 Å². The minimum absolute atomic E-state index is 0.0237. The number of anilines is 1. The second-order valence-corrected chi connectivity index (χ2v) is 25.0. The molecule has 7 rings (SSSR count). The molecule has 1 heterocycles. The maximum atomic E-state index is 13.1. The standard InChI is InChI=1S/C50H62ClN3O7SSi/c1-6-8-15-29-54(62(52,58)59)34-50(57,47(55)56)38-23-27-46-44(31-38)53(33-49(35-60-46)28-16-17-36-30-39(51)24-26-43(36)49)32-37-22-25-42(37)45(7-2)61-63(48(3,4)5,40-18-11-9-12-19-40)41-20-13-10-14-21-41/h6-7,9-14,18-21,23-24,26-27,30-31,37,42,45,57H,1-2,8,15-17,22,25,28-29,32-35H2,3-5H3,(H,55,56)(H2,52,58,59)/t37-,42+,45?,49-,50?/m0/s1. The largest absolute Gasteiger partial charge is 0.490 e. The Kier molecular flexibility index (Phi) is 13.8. The Morgan fingerprint density at radius 1 is 1.05 bits per heavy atom. The van der Waals surface area contributed by atoms with Crippen LogP contribution >= 0.6 is 11.6 Å². The second-order valence-electron chi connectivity index (χ2n) is 18.7. The van der Waals surface area contributed by atoms with Gasteiger partial charge in [0.05, 0.1) is 24.9 Å². The SMILES string of the molecule is C=CCCCN(CC(O)(C(=O)O)c1ccc2c(c1)N(C[C@@H]1CC[C@H]1C(C=C)O[Si](c1ccccc1)(c1ccccc1)C(C)(C)C)C[C@@]1(CCCc3cc(Cl)ccc31)CO2)S(N)(=O)=O. The topological polar surface area (TPSA) is 143 Å². The lowest BCUT2D eigenvalue weighted by molar-refractivity contribution is -0.160. The van der Waals surface area contributed by atoms with Crippen LogP contribution in [0, 0.1) is 11.8 Å². The quantitative estimate of drug-likeness (QED) is 0.0556. The van der Waals surface area contributed by atoms with Crippen molar-refractivity contribution in [1.29, 1.82) is 0 Å². The molecule has 1 aliphatic heterocycles. The summed E-state index contributed by atoms with van der Waals surface area (Å²) in [6.07, 6.45) is 8.79. The molecule has 0 aromatic heterocycles. The van der Waals surface area contributed by atoms with Crippen LogP contribution < -0.4 is 25.1 Å². The molecule has 1 fully saturated rings. The molecular weight excluding hydrogens is 850 g/mol. The van der Waals surface area contributed by atoms with Gasteiger partial charge in [0.25, 0.3) is 18.5 Å². The van der Waals surface area contributed by atoms with Crippen LogP contribution in [0.3, 0.4) is 0 Å². The first-order valence-corrected chi connectivity index (χ1v) is 25.8. The fourth-order valence-corrected chi connectivity index (χ4v) is 16.0. The van der Waals surface area contributed by atoms with Gasteiger partial charge in [-0.25, -0.2) is 9.93 Å². The van der Waals surface area contributed by atoms with Crippen molar-refractivity contribution in [3.05, 3.63) is 144 Å². The minimum Gasteiger partial charge on any atom is -0.490 e. The zero-order valence-corrected chi connectivity index (χ0v) is 39.3. The number of aliphatic carboxylic acids is 1. The Morgan fingerprint density at radius 2 is 1.73 bits per heavy atom. The fraction of sp³-hybridized carbons (Fsp3) is 0.420. The van der Waals surface area contributed by atoms with Crippen LogP contribution in [-0.4, -0.2) is 76.1 Å². The van der Waals surface area contributed by atoms with Crippen LogP contribution in [0.4, 0.5) is 5.69 Å². The number of unbranched alkanes of at least 4 members (excludes halogenated alkanes) is 1. The Hall–Kier alpha value is -4.27. The smallest absolute Gasteiger partial charge is 0.341 e.